The normalized spacial score (nSPS) is 31.7. The number of carboxylic acid groups (broad SMARTS) is 1. The van der Waals surface area contributed by atoms with Crippen molar-refractivity contribution in [3.8, 4) is 0 Å². The van der Waals surface area contributed by atoms with E-state index in [0.29, 0.717) is 0 Å². The number of nitrogens with zero attached hydrogens (tertiary/aromatic N) is 1. The predicted octanol–water partition coefficient (Wildman–Crippen LogP) is 3.27. The van der Waals surface area contributed by atoms with E-state index in [1.165, 1.54) is 24.0 Å². The molecule has 136 valence electrons. The summed E-state index contributed by atoms with van der Waals surface area (Å²) in [4.78, 5) is 13.4. The van der Waals surface area contributed by atoms with Crippen molar-refractivity contribution in [2.24, 2.45) is 23.5 Å². The number of hydrogen-bond donors (Lipinski definition) is 3. The first kappa shape index (κ1) is 18.3. The SMILES string of the molecule is NCC(=O)O.OC12CC3CC(CC(C3)C1)C2.c1ccc2scnc2c1. The molecule has 0 atom stereocenters. The number of thiazole rings is 1. The number of carbonyl (C=O) groups is 1. The van der Waals surface area contributed by atoms with Crippen LogP contribution in [0.3, 0.4) is 0 Å². The first-order chi connectivity index (χ1) is 12.0. The van der Waals surface area contributed by atoms with Gasteiger partial charge in [-0.05, 0) is 68.4 Å². The highest BCUT2D eigenvalue weighted by molar-refractivity contribution is 7.16. The number of carboxylic acids is 1. The monoisotopic (exact) mass is 362 g/mol. The van der Waals surface area contributed by atoms with Gasteiger partial charge in [-0.25, -0.2) is 4.98 Å². The highest BCUT2D eigenvalue weighted by atomic mass is 32.1. The summed E-state index contributed by atoms with van der Waals surface area (Å²) in [6, 6.07) is 8.13. The zero-order valence-electron chi connectivity index (χ0n) is 14.3. The van der Waals surface area contributed by atoms with Crippen LogP contribution in [-0.2, 0) is 4.79 Å². The molecule has 4 fully saturated rings. The van der Waals surface area contributed by atoms with E-state index in [1.54, 1.807) is 11.3 Å². The van der Waals surface area contributed by atoms with E-state index >= 15 is 0 Å². The highest BCUT2D eigenvalue weighted by Crippen LogP contribution is 2.55. The van der Waals surface area contributed by atoms with E-state index in [-0.39, 0.29) is 12.1 Å². The van der Waals surface area contributed by atoms with Gasteiger partial charge in [-0.3, -0.25) is 4.79 Å². The minimum Gasteiger partial charge on any atom is -0.480 e. The zero-order chi connectivity index (χ0) is 17.9. The summed E-state index contributed by atoms with van der Waals surface area (Å²) in [7, 11) is 0. The summed E-state index contributed by atoms with van der Waals surface area (Å²) in [5.41, 5.74) is 7.34. The molecule has 0 spiro atoms. The molecule has 0 amide bonds. The molecule has 6 rings (SSSR count). The van der Waals surface area contributed by atoms with Crippen molar-refractivity contribution < 1.29 is 15.0 Å². The van der Waals surface area contributed by atoms with Gasteiger partial charge in [0.2, 0.25) is 0 Å². The second-order valence-electron chi connectivity index (χ2n) is 7.56. The van der Waals surface area contributed by atoms with E-state index < -0.39 is 5.97 Å². The van der Waals surface area contributed by atoms with Crippen LogP contribution in [0.15, 0.2) is 29.8 Å². The number of rotatable bonds is 1. The van der Waals surface area contributed by atoms with Crippen LogP contribution in [0.25, 0.3) is 10.2 Å². The first-order valence-electron chi connectivity index (χ1n) is 8.90. The maximum atomic E-state index is 10.1. The number of hydrogen-bond acceptors (Lipinski definition) is 5. The maximum Gasteiger partial charge on any atom is 0.317 e. The van der Waals surface area contributed by atoms with Crippen LogP contribution in [0, 0.1) is 17.8 Å². The summed E-state index contributed by atoms with van der Waals surface area (Å²) < 4.78 is 1.26. The molecule has 25 heavy (non-hydrogen) atoms. The van der Waals surface area contributed by atoms with Crippen LogP contribution in [0.5, 0.6) is 0 Å². The lowest BCUT2D eigenvalue weighted by Crippen LogP contribution is -2.50. The molecule has 6 heteroatoms. The summed E-state index contributed by atoms with van der Waals surface area (Å²) in [5.74, 6) is 1.72. The van der Waals surface area contributed by atoms with Gasteiger partial charge in [0, 0.05) is 0 Å². The third kappa shape index (κ3) is 4.77. The first-order valence-corrected chi connectivity index (χ1v) is 9.78. The van der Waals surface area contributed by atoms with E-state index in [2.05, 4.69) is 16.8 Å². The minimum absolute atomic E-state index is 0.200. The van der Waals surface area contributed by atoms with Crippen LogP contribution >= 0.6 is 11.3 Å². The molecule has 2 aromatic rings. The third-order valence-corrected chi connectivity index (χ3v) is 6.23. The summed E-state index contributed by atoms with van der Waals surface area (Å²) >= 11 is 1.68. The molecule has 0 aliphatic heterocycles. The van der Waals surface area contributed by atoms with Gasteiger partial charge in [-0.15, -0.1) is 11.3 Å². The topological polar surface area (TPSA) is 96.4 Å². The Balaban J connectivity index is 0.000000118. The summed E-state index contributed by atoms with van der Waals surface area (Å²) in [5, 5.41) is 17.7. The largest absolute Gasteiger partial charge is 0.480 e. The average molecular weight is 362 g/mol. The number of aromatic nitrogens is 1. The van der Waals surface area contributed by atoms with Crippen LogP contribution < -0.4 is 5.73 Å². The summed E-state index contributed by atoms with van der Waals surface area (Å²) in [6.45, 7) is -0.278. The number of benzene rings is 1. The van der Waals surface area contributed by atoms with Crippen molar-refractivity contribution in [1.82, 2.24) is 4.98 Å². The molecule has 1 heterocycles. The molecule has 1 aromatic heterocycles. The zero-order valence-corrected chi connectivity index (χ0v) is 15.1. The van der Waals surface area contributed by atoms with Gasteiger partial charge in [0.05, 0.1) is 27.9 Å². The van der Waals surface area contributed by atoms with Gasteiger partial charge in [0.25, 0.3) is 0 Å². The van der Waals surface area contributed by atoms with Gasteiger partial charge in [-0.1, -0.05) is 12.1 Å². The Morgan fingerprint density at radius 2 is 1.68 bits per heavy atom. The lowest BCUT2D eigenvalue weighted by Gasteiger charge is -2.54. The van der Waals surface area contributed by atoms with E-state index in [9.17, 15) is 9.90 Å². The number of fused-ring (bicyclic) bond motifs is 1. The van der Waals surface area contributed by atoms with Crippen molar-refractivity contribution in [3.05, 3.63) is 29.8 Å². The molecule has 0 saturated heterocycles. The average Bonchev–Trinajstić information content (AvgIpc) is 3.02. The highest BCUT2D eigenvalue weighted by Gasteiger charge is 2.49. The Labute approximate surface area is 151 Å². The molecule has 4 N–H and O–H groups in total. The molecule has 4 aliphatic rings. The lowest BCUT2D eigenvalue weighted by molar-refractivity contribution is -0.135. The van der Waals surface area contributed by atoms with E-state index in [4.69, 9.17) is 5.11 Å². The lowest BCUT2D eigenvalue weighted by atomic mass is 9.54. The van der Waals surface area contributed by atoms with Crippen LogP contribution in [0.2, 0.25) is 0 Å². The molecule has 4 saturated carbocycles. The maximum absolute atomic E-state index is 10.1. The molecule has 4 bridgehead atoms. The van der Waals surface area contributed by atoms with Gasteiger partial charge in [0.15, 0.2) is 0 Å². The molecule has 4 aliphatic carbocycles. The van der Waals surface area contributed by atoms with Crippen LogP contribution in [-0.4, -0.2) is 33.3 Å². The van der Waals surface area contributed by atoms with E-state index in [0.717, 1.165) is 42.5 Å². The molecule has 0 unspecified atom stereocenters. The van der Waals surface area contributed by atoms with Gasteiger partial charge >= 0.3 is 5.97 Å². The van der Waals surface area contributed by atoms with Crippen LogP contribution in [0.4, 0.5) is 0 Å². The fraction of sp³-hybridized carbons (Fsp3) is 0.579. The molecular formula is C19H26N2O3S. The Morgan fingerprint density at radius 3 is 2.12 bits per heavy atom. The van der Waals surface area contributed by atoms with Crippen molar-refractivity contribution in [2.75, 3.05) is 6.54 Å². The third-order valence-electron chi connectivity index (χ3n) is 5.42. The van der Waals surface area contributed by atoms with Crippen molar-refractivity contribution in [1.29, 1.82) is 0 Å². The van der Waals surface area contributed by atoms with Crippen LogP contribution in [0.1, 0.15) is 38.5 Å². The predicted molar refractivity (Wildman–Crippen MR) is 99.4 cm³/mol. The van der Waals surface area contributed by atoms with Gasteiger partial charge in [-0.2, -0.15) is 0 Å². The number of aliphatic hydroxyl groups is 1. The number of para-hydroxylation sites is 1. The molecule has 0 radical (unpaired) electrons. The fourth-order valence-corrected chi connectivity index (χ4v) is 5.55. The van der Waals surface area contributed by atoms with Crippen molar-refractivity contribution in [2.45, 2.75) is 44.1 Å². The van der Waals surface area contributed by atoms with Gasteiger partial charge in [0.1, 0.15) is 0 Å². The number of nitrogens with two attached hydrogens (primary N) is 1. The van der Waals surface area contributed by atoms with E-state index in [1.807, 2.05) is 23.7 Å². The smallest absolute Gasteiger partial charge is 0.317 e. The van der Waals surface area contributed by atoms with Crippen molar-refractivity contribution in [3.63, 3.8) is 0 Å². The quantitative estimate of drug-likeness (QED) is 0.723. The van der Waals surface area contributed by atoms with Gasteiger partial charge < -0.3 is 15.9 Å². The molecule has 5 nitrogen and oxygen atoms in total. The van der Waals surface area contributed by atoms with Crippen molar-refractivity contribution >= 4 is 27.5 Å². The number of aliphatic carboxylic acids is 1. The fourth-order valence-electron chi connectivity index (χ4n) is 4.87. The second kappa shape index (κ2) is 7.81. The Kier molecular flexibility index (Phi) is 5.71. The Morgan fingerprint density at radius 1 is 1.16 bits per heavy atom. The summed E-state index contributed by atoms with van der Waals surface area (Å²) in [6.07, 6.45) is 7.66. The minimum atomic E-state index is -0.968. The molecule has 1 aromatic carbocycles. The second-order valence-corrected chi connectivity index (χ2v) is 8.45. The molecular weight excluding hydrogens is 336 g/mol. The Bertz CT molecular complexity index is 650. The standard InChI is InChI=1S/C10H16O.C7H5NS.C2H5NO2/c11-10-4-7-1-8(5-10)3-9(2-7)6-10;1-2-4-7-6(3-1)8-5-9-7;3-1-2(4)5/h7-9,11H,1-6H2;1-5H;1,3H2,(H,4,5). The Hall–Kier alpha value is -1.50.